The van der Waals surface area contributed by atoms with Crippen molar-refractivity contribution in [3.8, 4) is 0 Å². The highest BCUT2D eigenvalue weighted by Crippen LogP contribution is 2.31. The van der Waals surface area contributed by atoms with Crippen LogP contribution in [-0.4, -0.2) is 37.4 Å². The molecule has 0 saturated heterocycles. The predicted molar refractivity (Wildman–Crippen MR) is 50.9 cm³/mol. The van der Waals surface area contributed by atoms with Gasteiger partial charge in [0.15, 0.2) is 0 Å². The van der Waals surface area contributed by atoms with E-state index in [0.29, 0.717) is 12.8 Å². The zero-order chi connectivity index (χ0) is 11.4. The molecule has 0 heterocycles. The summed E-state index contributed by atoms with van der Waals surface area (Å²) in [5, 5.41) is 9.83. The van der Waals surface area contributed by atoms with Gasteiger partial charge in [-0.15, -0.1) is 0 Å². The molecule has 0 bridgehead atoms. The third-order valence-electron chi connectivity index (χ3n) is 2.86. The van der Waals surface area contributed by atoms with Crippen LogP contribution in [0.2, 0.25) is 0 Å². The van der Waals surface area contributed by atoms with Crippen molar-refractivity contribution in [3.63, 3.8) is 0 Å². The minimum absolute atomic E-state index is 0.462. The summed E-state index contributed by atoms with van der Waals surface area (Å²) >= 11 is 0. The first-order valence-electron chi connectivity index (χ1n) is 4.95. The standard InChI is InChI=1S/C10H16O5/c1-14-9(12)6-4-3-5-7(8(6)11)10(13)15-2/h6-8,11H,3-5H2,1-2H3. The first-order valence-corrected chi connectivity index (χ1v) is 4.95. The first-order chi connectivity index (χ1) is 7.11. The van der Waals surface area contributed by atoms with E-state index in [1.807, 2.05) is 0 Å². The lowest BCUT2D eigenvalue weighted by Gasteiger charge is -2.31. The van der Waals surface area contributed by atoms with Gasteiger partial charge in [0.05, 0.1) is 32.2 Å². The van der Waals surface area contributed by atoms with E-state index in [1.54, 1.807) is 0 Å². The highest BCUT2D eigenvalue weighted by Gasteiger charge is 2.40. The normalized spacial score (nSPS) is 30.7. The molecule has 1 aliphatic rings. The smallest absolute Gasteiger partial charge is 0.311 e. The van der Waals surface area contributed by atoms with E-state index >= 15 is 0 Å². The number of carbonyl (C=O) groups excluding carboxylic acids is 2. The van der Waals surface area contributed by atoms with Crippen molar-refractivity contribution < 1.29 is 24.2 Å². The number of esters is 2. The number of carbonyl (C=O) groups is 2. The van der Waals surface area contributed by atoms with E-state index in [2.05, 4.69) is 9.47 Å². The number of rotatable bonds is 2. The maximum Gasteiger partial charge on any atom is 0.311 e. The molecule has 86 valence electrons. The van der Waals surface area contributed by atoms with Crippen LogP contribution in [0.3, 0.4) is 0 Å². The van der Waals surface area contributed by atoms with Crippen LogP contribution in [0.25, 0.3) is 0 Å². The highest BCUT2D eigenvalue weighted by molar-refractivity contribution is 5.77. The Labute approximate surface area is 88.4 Å². The Morgan fingerprint density at radius 2 is 1.47 bits per heavy atom. The molecule has 0 spiro atoms. The molecule has 1 aliphatic carbocycles. The number of hydrogen-bond acceptors (Lipinski definition) is 5. The Morgan fingerprint density at radius 3 is 1.80 bits per heavy atom. The van der Waals surface area contributed by atoms with Gasteiger partial charge in [0.2, 0.25) is 0 Å². The number of aliphatic hydroxyl groups excluding tert-OH is 1. The minimum Gasteiger partial charge on any atom is -0.469 e. The molecule has 5 nitrogen and oxygen atoms in total. The lowest BCUT2D eigenvalue weighted by Crippen LogP contribution is -2.42. The second-order valence-electron chi connectivity index (χ2n) is 3.68. The summed E-state index contributed by atoms with van der Waals surface area (Å²) in [4.78, 5) is 22.6. The van der Waals surface area contributed by atoms with Crippen molar-refractivity contribution in [2.45, 2.75) is 25.4 Å². The van der Waals surface area contributed by atoms with Gasteiger partial charge in [0, 0.05) is 0 Å². The van der Waals surface area contributed by atoms with Crippen molar-refractivity contribution >= 4 is 11.9 Å². The maximum atomic E-state index is 11.3. The number of hydrogen-bond donors (Lipinski definition) is 1. The maximum absolute atomic E-state index is 11.3. The quantitative estimate of drug-likeness (QED) is 0.663. The van der Waals surface area contributed by atoms with Crippen LogP contribution in [0, 0.1) is 11.8 Å². The molecule has 1 N–H and O–H groups in total. The van der Waals surface area contributed by atoms with Crippen LogP contribution in [0.1, 0.15) is 19.3 Å². The molecule has 2 atom stereocenters. The van der Waals surface area contributed by atoms with Gasteiger partial charge in [-0.2, -0.15) is 0 Å². The van der Waals surface area contributed by atoms with Crippen LogP contribution in [0.15, 0.2) is 0 Å². The summed E-state index contributed by atoms with van der Waals surface area (Å²) in [6.07, 6.45) is 0.845. The minimum atomic E-state index is -0.987. The van der Waals surface area contributed by atoms with Crippen molar-refractivity contribution in [1.29, 1.82) is 0 Å². The fraction of sp³-hybridized carbons (Fsp3) is 0.800. The van der Waals surface area contributed by atoms with Crippen LogP contribution in [0.5, 0.6) is 0 Å². The summed E-state index contributed by atoms with van der Waals surface area (Å²) in [6, 6.07) is 0. The Morgan fingerprint density at radius 1 is 1.07 bits per heavy atom. The third kappa shape index (κ3) is 2.47. The van der Waals surface area contributed by atoms with Crippen molar-refractivity contribution in [2.75, 3.05) is 14.2 Å². The Kier molecular flexibility index (Phi) is 4.08. The predicted octanol–water partition coefficient (Wildman–Crippen LogP) is 0.110. The van der Waals surface area contributed by atoms with Crippen LogP contribution >= 0.6 is 0 Å². The molecule has 2 unspecified atom stereocenters. The molecule has 0 aromatic heterocycles. The fourth-order valence-corrected chi connectivity index (χ4v) is 2.00. The highest BCUT2D eigenvalue weighted by atomic mass is 16.5. The first kappa shape index (κ1) is 12.0. The number of ether oxygens (including phenoxy) is 2. The fourth-order valence-electron chi connectivity index (χ4n) is 2.00. The Balaban J connectivity index is 2.70. The summed E-state index contributed by atoms with van der Waals surface area (Å²) < 4.78 is 9.14. The van der Waals surface area contributed by atoms with Crippen LogP contribution in [-0.2, 0) is 19.1 Å². The molecule has 5 heteroatoms. The average molecular weight is 216 g/mol. The van der Waals surface area contributed by atoms with Gasteiger partial charge < -0.3 is 14.6 Å². The van der Waals surface area contributed by atoms with Gasteiger partial charge in [0.25, 0.3) is 0 Å². The zero-order valence-electron chi connectivity index (χ0n) is 8.93. The second kappa shape index (κ2) is 5.11. The van der Waals surface area contributed by atoms with E-state index in [-0.39, 0.29) is 0 Å². The molecule has 0 amide bonds. The second-order valence-corrected chi connectivity index (χ2v) is 3.68. The topological polar surface area (TPSA) is 72.8 Å². The van der Waals surface area contributed by atoms with Gasteiger partial charge in [0.1, 0.15) is 0 Å². The van der Waals surface area contributed by atoms with E-state index in [0.717, 1.165) is 6.42 Å². The molecular formula is C10H16O5. The number of aliphatic hydroxyl groups is 1. The van der Waals surface area contributed by atoms with E-state index < -0.39 is 29.9 Å². The van der Waals surface area contributed by atoms with Gasteiger partial charge in [-0.1, -0.05) is 6.42 Å². The van der Waals surface area contributed by atoms with E-state index in [4.69, 9.17) is 0 Å². The third-order valence-corrected chi connectivity index (χ3v) is 2.86. The molecule has 0 aliphatic heterocycles. The summed E-state index contributed by atoms with van der Waals surface area (Å²) in [6.45, 7) is 0. The molecule has 0 aromatic carbocycles. The van der Waals surface area contributed by atoms with E-state index in [9.17, 15) is 14.7 Å². The largest absolute Gasteiger partial charge is 0.469 e. The lowest BCUT2D eigenvalue weighted by molar-refractivity contribution is -0.161. The summed E-state index contributed by atoms with van der Waals surface area (Å²) in [7, 11) is 2.55. The molecule has 1 saturated carbocycles. The van der Waals surface area contributed by atoms with Crippen LogP contribution in [0.4, 0.5) is 0 Å². The summed E-state index contributed by atoms with van der Waals surface area (Å²) in [5.41, 5.74) is 0. The Bertz CT molecular complexity index is 226. The molecule has 1 fully saturated rings. The van der Waals surface area contributed by atoms with Crippen molar-refractivity contribution in [2.24, 2.45) is 11.8 Å². The number of methoxy groups -OCH3 is 2. The molecule has 15 heavy (non-hydrogen) atoms. The van der Waals surface area contributed by atoms with E-state index in [1.165, 1.54) is 14.2 Å². The molecular weight excluding hydrogens is 200 g/mol. The molecule has 0 radical (unpaired) electrons. The van der Waals surface area contributed by atoms with Crippen molar-refractivity contribution in [1.82, 2.24) is 0 Å². The average Bonchev–Trinajstić information content (AvgIpc) is 2.27. The van der Waals surface area contributed by atoms with Gasteiger partial charge in [-0.05, 0) is 12.8 Å². The van der Waals surface area contributed by atoms with Gasteiger partial charge in [-0.25, -0.2) is 0 Å². The van der Waals surface area contributed by atoms with Gasteiger partial charge in [-0.3, -0.25) is 9.59 Å². The Hall–Kier alpha value is -1.10. The van der Waals surface area contributed by atoms with Crippen LogP contribution < -0.4 is 0 Å². The van der Waals surface area contributed by atoms with Crippen molar-refractivity contribution in [3.05, 3.63) is 0 Å². The van der Waals surface area contributed by atoms with Gasteiger partial charge >= 0.3 is 11.9 Å². The zero-order valence-corrected chi connectivity index (χ0v) is 8.93. The molecule has 1 rings (SSSR count). The lowest BCUT2D eigenvalue weighted by atomic mass is 9.79. The monoisotopic (exact) mass is 216 g/mol. The molecule has 0 aromatic rings. The summed E-state index contributed by atoms with van der Waals surface area (Å²) in [5.74, 6) is -2.13. The SMILES string of the molecule is COC(=O)C1CCCC(C(=O)OC)C1O.